The molecular weight excluding hydrogens is 254 g/mol. The third-order valence-electron chi connectivity index (χ3n) is 5.14. The molecule has 2 saturated heterocycles. The molecule has 0 amide bonds. The summed E-state index contributed by atoms with van der Waals surface area (Å²) in [7, 11) is 0. The lowest BCUT2D eigenvalue weighted by atomic mass is 9.68. The topological polar surface area (TPSA) is 40.0 Å². The van der Waals surface area contributed by atoms with Gasteiger partial charge in [-0.05, 0) is 46.0 Å². The first-order valence-corrected chi connectivity index (χ1v) is 8.14. The van der Waals surface area contributed by atoms with E-state index in [0.29, 0.717) is 18.6 Å². The molecular formula is C16H30NO3+. The fraction of sp³-hybridized carbons (Fsp3) is 0.938. The number of hydrogen-bond acceptors (Lipinski definition) is 3. The normalized spacial score (nSPS) is 37.9. The molecule has 2 aliphatic rings. The van der Waals surface area contributed by atoms with Gasteiger partial charge in [0.15, 0.2) is 6.54 Å². The van der Waals surface area contributed by atoms with Crippen LogP contribution >= 0.6 is 0 Å². The van der Waals surface area contributed by atoms with E-state index in [1.165, 1.54) is 17.7 Å². The highest BCUT2D eigenvalue weighted by atomic mass is 16.5. The number of nitrogens with one attached hydrogen (secondary N) is 1. The number of ether oxygens (including phenoxy) is 2. The Kier molecular flexibility index (Phi) is 5.08. The second kappa shape index (κ2) is 6.44. The maximum absolute atomic E-state index is 11.7. The molecule has 0 radical (unpaired) electrons. The van der Waals surface area contributed by atoms with Crippen molar-refractivity contribution in [3.63, 3.8) is 0 Å². The van der Waals surface area contributed by atoms with Crippen molar-refractivity contribution in [1.82, 2.24) is 0 Å². The largest absolute Gasteiger partial charge is 0.462 e. The van der Waals surface area contributed by atoms with Gasteiger partial charge in [-0.25, -0.2) is 4.79 Å². The first-order valence-electron chi connectivity index (χ1n) is 8.14. The van der Waals surface area contributed by atoms with Gasteiger partial charge in [0.05, 0.1) is 25.3 Å². The minimum atomic E-state index is -0.0511. The molecule has 0 bridgehead atoms. The van der Waals surface area contributed by atoms with E-state index >= 15 is 0 Å². The smallest absolute Gasteiger partial charge is 0.361 e. The molecule has 0 aromatic heterocycles. The first-order chi connectivity index (χ1) is 9.51. The second-order valence-corrected chi connectivity index (χ2v) is 6.84. The predicted octanol–water partition coefficient (Wildman–Crippen LogP) is 1.19. The molecule has 1 unspecified atom stereocenters. The van der Waals surface area contributed by atoms with Gasteiger partial charge < -0.3 is 14.4 Å². The first kappa shape index (κ1) is 15.8. The number of likely N-dealkylation sites (tertiary alicyclic amines) is 1. The molecule has 2 aliphatic heterocycles. The summed E-state index contributed by atoms with van der Waals surface area (Å²) in [4.78, 5) is 13.1. The molecule has 0 saturated carbocycles. The summed E-state index contributed by atoms with van der Waals surface area (Å²) in [5, 5.41) is 0. The van der Waals surface area contributed by atoms with Crippen molar-refractivity contribution in [2.45, 2.75) is 58.5 Å². The van der Waals surface area contributed by atoms with Crippen LogP contribution in [0.1, 0.15) is 52.9 Å². The number of rotatable bonds is 4. The molecule has 1 N–H and O–H groups in total. The Morgan fingerprint density at radius 1 is 1.35 bits per heavy atom. The summed E-state index contributed by atoms with van der Waals surface area (Å²) in [6, 6.07) is 0. The molecule has 2 fully saturated rings. The number of hydrogen-bond donors (Lipinski definition) is 1. The van der Waals surface area contributed by atoms with Gasteiger partial charge in [-0.2, -0.15) is 0 Å². The van der Waals surface area contributed by atoms with Gasteiger partial charge in [0.1, 0.15) is 0 Å². The van der Waals surface area contributed by atoms with E-state index in [4.69, 9.17) is 9.47 Å². The lowest BCUT2D eigenvalue weighted by molar-refractivity contribution is -0.906. The van der Waals surface area contributed by atoms with Gasteiger partial charge in [0.2, 0.25) is 0 Å². The zero-order chi connectivity index (χ0) is 14.6. The fourth-order valence-electron chi connectivity index (χ4n) is 4.03. The van der Waals surface area contributed by atoms with Gasteiger partial charge in [0, 0.05) is 12.0 Å². The Morgan fingerprint density at radius 3 is 2.85 bits per heavy atom. The maximum Gasteiger partial charge on any atom is 0.361 e. The molecule has 0 aliphatic carbocycles. The van der Waals surface area contributed by atoms with Crippen molar-refractivity contribution in [2.75, 3.05) is 32.8 Å². The molecule has 4 heteroatoms. The lowest BCUT2D eigenvalue weighted by Gasteiger charge is -2.48. The number of carbonyl (C=O) groups excluding carboxylic acids is 1. The van der Waals surface area contributed by atoms with E-state index < -0.39 is 0 Å². The number of piperidine rings is 1. The summed E-state index contributed by atoms with van der Waals surface area (Å²) >= 11 is 0. The van der Waals surface area contributed by atoms with Crippen LogP contribution in [0, 0.1) is 5.41 Å². The van der Waals surface area contributed by atoms with Crippen LogP contribution in [-0.2, 0) is 14.3 Å². The van der Waals surface area contributed by atoms with Crippen LogP contribution in [0.5, 0.6) is 0 Å². The molecule has 20 heavy (non-hydrogen) atoms. The highest BCUT2D eigenvalue weighted by Gasteiger charge is 2.46. The number of carbonyl (C=O) groups is 1. The van der Waals surface area contributed by atoms with E-state index in [1.807, 2.05) is 6.92 Å². The van der Waals surface area contributed by atoms with Crippen LogP contribution in [0.3, 0.4) is 0 Å². The number of quaternary nitrogens is 1. The Hall–Kier alpha value is -0.610. The van der Waals surface area contributed by atoms with Gasteiger partial charge in [-0.1, -0.05) is 6.92 Å². The van der Waals surface area contributed by atoms with Crippen LogP contribution < -0.4 is 4.90 Å². The fourth-order valence-corrected chi connectivity index (χ4v) is 4.03. The van der Waals surface area contributed by atoms with Gasteiger partial charge >= 0.3 is 5.97 Å². The average Bonchev–Trinajstić information content (AvgIpc) is 2.39. The van der Waals surface area contributed by atoms with Crippen molar-refractivity contribution in [2.24, 2.45) is 5.41 Å². The van der Waals surface area contributed by atoms with E-state index in [-0.39, 0.29) is 11.6 Å². The zero-order valence-corrected chi connectivity index (χ0v) is 13.3. The zero-order valence-electron chi connectivity index (χ0n) is 13.3. The van der Waals surface area contributed by atoms with Crippen LogP contribution in [0.15, 0.2) is 0 Å². The molecule has 2 heterocycles. The highest BCUT2D eigenvalue weighted by Crippen LogP contribution is 2.43. The predicted molar refractivity (Wildman–Crippen MR) is 77.7 cm³/mol. The minimum Gasteiger partial charge on any atom is -0.462 e. The molecule has 116 valence electrons. The van der Waals surface area contributed by atoms with Crippen molar-refractivity contribution in [3.8, 4) is 0 Å². The highest BCUT2D eigenvalue weighted by molar-refractivity contribution is 5.70. The van der Waals surface area contributed by atoms with Gasteiger partial charge in [-0.3, -0.25) is 0 Å². The summed E-state index contributed by atoms with van der Waals surface area (Å²) in [5.41, 5.74) is 0.410. The van der Waals surface area contributed by atoms with Gasteiger partial charge in [0.25, 0.3) is 0 Å². The monoisotopic (exact) mass is 284 g/mol. The Labute approximate surface area is 122 Å². The van der Waals surface area contributed by atoms with Crippen molar-refractivity contribution >= 4 is 5.97 Å². The Morgan fingerprint density at radius 2 is 2.15 bits per heavy atom. The maximum atomic E-state index is 11.7. The third kappa shape index (κ3) is 3.73. The molecule has 3 atom stereocenters. The molecule has 4 nitrogen and oxygen atoms in total. The summed E-state index contributed by atoms with van der Waals surface area (Å²) < 4.78 is 11.1. The van der Waals surface area contributed by atoms with Crippen LogP contribution in [0.25, 0.3) is 0 Å². The van der Waals surface area contributed by atoms with E-state index in [1.54, 1.807) is 0 Å². The average molecular weight is 284 g/mol. The standard InChI is InChI=1S/C16H29NO3/c1-4-15(3)12-16(8-10-20-15)7-6-9-17(13-16)11-14(18)19-5-2/h4-13H2,1-3H3/p+1/t15-,16-/m1/s1. The van der Waals surface area contributed by atoms with E-state index in [2.05, 4.69) is 13.8 Å². The minimum absolute atomic E-state index is 0.0324. The third-order valence-corrected chi connectivity index (χ3v) is 5.14. The summed E-state index contributed by atoms with van der Waals surface area (Å²) in [6.07, 6.45) is 5.87. The summed E-state index contributed by atoms with van der Waals surface area (Å²) in [5.74, 6) is -0.0511. The molecule has 0 aromatic rings. The van der Waals surface area contributed by atoms with E-state index in [9.17, 15) is 4.79 Å². The number of esters is 1. The van der Waals surface area contributed by atoms with Crippen molar-refractivity contribution in [3.05, 3.63) is 0 Å². The summed E-state index contributed by atoms with van der Waals surface area (Å²) in [6.45, 7) is 10.4. The van der Waals surface area contributed by atoms with Crippen molar-refractivity contribution in [1.29, 1.82) is 0 Å². The lowest BCUT2D eigenvalue weighted by Crippen LogP contribution is -3.15. The van der Waals surface area contributed by atoms with Crippen LogP contribution in [-0.4, -0.2) is 44.4 Å². The van der Waals surface area contributed by atoms with Gasteiger partial charge in [-0.15, -0.1) is 0 Å². The molecule has 0 aromatic carbocycles. The molecule has 2 rings (SSSR count). The van der Waals surface area contributed by atoms with E-state index in [0.717, 1.165) is 39.0 Å². The van der Waals surface area contributed by atoms with Crippen LogP contribution in [0.4, 0.5) is 0 Å². The Balaban J connectivity index is 1.96. The molecule has 1 spiro atoms. The SMILES string of the molecule is CCOC(=O)C[NH+]1CCC[C@]2(CCO[C@](C)(CC)C2)C1. The van der Waals surface area contributed by atoms with Crippen LogP contribution in [0.2, 0.25) is 0 Å². The van der Waals surface area contributed by atoms with Crippen molar-refractivity contribution < 1.29 is 19.2 Å². The second-order valence-electron chi connectivity index (χ2n) is 6.84. The Bertz CT molecular complexity index is 343. The quantitative estimate of drug-likeness (QED) is 0.789.